The van der Waals surface area contributed by atoms with Crippen LogP contribution in [-0.2, 0) is 6.42 Å². The minimum Gasteiger partial charge on any atom is -0.236 e. The number of rotatable bonds is 4. The topological polar surface area (TPSA) is 25.8 Å². The fourth-order valence-electron chi connectivity index (χ4n) is 3.43. The molecule has 0 saturated heterocycles. The third-order valence-electron chi connectivity index (χ3n) is 4.76. The second-order valence-electron chi connectivity index (χ2n) is 7.49. The van der Waals surface area contributed by atoms with E-state index in [0.717, 1.165) is 27.5 Å². The lowest BCUT2D eigenvalue weighted by Gasteiger charge is -2.05. The normalized spacial score (nSPS) is 11.7. The molecule has 0 saturated carbocycles. The van der Waals surface area contributed by atoms with Gasteiger partial charge in [-0.1, -0.05) is 68.4 Å². The Labute approximate surface area is 172 Å². The molecule has 0 bridgehead atoms. The van der Waals surface area contributed by atoms with Crippen molar-refractivity contribution in [1.82, 2.24) is 9.97 Å². The van der Waals surface area contributed by atoms with Crippen LogP contribution in [0.4, 0.5) is 0 Å². The number of benzene rings is 3. The molecule has 2 nitrogen and oxygen atoms in total. The highest BCUT2D eigenvalue weighted by atomic mass is 32.1. The monoisotopic (exact) mass is 400 g/mol. The zero-order valence-corrected chi connectivity index (χ0v) is 17.5. The van der Waals surface area contributed by atoms with Crippen molar-refractivity contribution in [3.05, 3.63) is 72.3 Å². The van der Waals surface area contributed by atoms with E-state index in [9.17, 15) is 0 Å². The SMILES string of the molecule is CC(C)Cc1ccc(-c2nc3cc4sc(-c5ccccc5)nc4cc3s2)cc1. The number of thiazole rings is 2. The standard InChI is InChI=1S/C24H20N2S2/c1-15(2)12-16-8-10-18(11-9-16)24-26-20-14-21-19(13-22(20)28-24)25-23(27-21)17-6-4-3-5-7-17/h3-11,13-15H,12H2,1-2H3. The molecule has 2 heterocycles. The number of hydrogen-bond acceptors (Lipinski definition) is 4. The average Bonchev–Trinajstić information content (AvgIpc) is 3.30. The molecule has 2 aromatic heterocycles. The number of fused-ring (bicyclic) bond motifs is 2. The Hall–Kier alpha value is -2.56. The lowest BCUT2D eigenvalue weighted by atomic mass is 10.0. The molecule has 0 amide bonds. The van der Waals surface area contributed by atoms with Crippen LogP contribution in [0, 0.1) is 5.92 Å². The Bertz CT molecular complexity index is 1200. The van der Waals surface area contributed by atoms with Crippen LogP contribution in [-0.4, -0.2) is 9.97 Å². The van der Waals surface area contributed by atoms with E-state index >= 15 is 0 Å². The van der Waals surface area contributed by atoms with E-state index in [0.29, 0.717) is 5.92 Å². The van der Waals surface area contributed by atoms with Crippen LogP contribution in [0.15, 0.2) is 66.7 Å². The summed E-state index contributed by atoms with van der Waals surface area (Å²) >= 11 is 3.47. The summed E-state index contributed by atoms with van der Waals surface area (Å²) in [5.41, 5.74) is 5.86. The first-order chi connectivity index (χ1) is 13.7. The quantitative estimate of drug-likeness (QED) is 0.313. The Morgan fingerprint density at radius 2 is 1.25 bits per heavy atom. The predicted octanol–water partition coefficient (Wildman–Crippen LogP) is 7.44. The van der Waals surface area contributed by atoms with Crippen LogP contribution < -0.4 is 0 Å². The minimum atomic E-state index is 0.675. The van der Waals surface area contributed by atoms with Crippen LogP contribution in [0.3, 0.4) is 0 Å². The van der Waals surface area contributed by atoms with Crippen LogP contribution in [0.2, 0.25) is 0 Å². The summed E-state index contributed by atoms with van der Waals surface area (Å²) in [6.07, 6.45) is 1.12. The molecule has 0 spiro atoms. The van der Waals surface area contributed by atoms with Crippen LogP contribution in [0.25, 0.3) is 41.6 Å². The van der Waals surface area contributed by atoms with E-state index in [1.54, 1.807) is 22.7 Å². The Kier molecular flexibility index (Phi) is 4.46. The maximum Gasteiger partial charge on any atom is 0.124 e. The van der Waals surface area contributed by atoms with Gasteiger partial charge in [0, 0.05) is 11.1 Å². The van der Waals surface area contributed by atoms with Gasteiger partial charge in [0.2, 0.25) is 0 Å². The van der Waals surface area contributed by atoms with E-state index in [2.05, 4.69) is 74.5 Å². The van der Waals surface area contributed by atoms with Gasteiger partial charge in [-0.2, -0.15) is 0 Å². The van der Waals surface area contributed by atoms with Crippen LogP contribution >= 0.6 is 22.7 Å². The van der Waals surface area contributed by atoms with E-state index in [1.807, 2.05) is 6.07 Å². The van der Waals surface area contributed by atoms with Gasteiger partial charge in [-0.25, -0.2) is 9.97 Å². The summed E-state index contributed by atoms with van der Waals surface area (Å²) in [4.78, 5) is 9.75. The van der Waals surface area contributed by atoms with Gasteiger partial charge in [0.25, 0.3) is 0 Å². The van der Waals surface area contributed by atoms with Gasteiger partial charge in [-0.05, 0) is 30.0 Å². The van der Waals surface area contributed by atoms with Gasteiger partial charge < -0.3 is 0 Å². The van der Waals surface area contributed by atoms with Gasteiger partial charge in [-0.3, -0.25) is 0 Å². The van der Waals surface area contributed by atoms with Crippen molar-refractivity contribution in [2.75, 3.05) is 0 Å². The summed E-state index contributed by atoms with van der Waals surface area (Å²) in [5, 5.41) is 2.14. The highest BCUT2D eigenvalue weighted by molar-refractivity contribution is 7.23. The van der Waals surface area contributed by atoms with Gasteiger partial charge in [0.1, 0.15) is 10.0 Å². The molecule has 0 N–H and O–H groups in total. The molecule has 0 unspecified atom stereocenters. The molecule has 0 aliphatic carbocycles. The smallest absolute Gasteiger partial charge is 0.124 e. The van der Waals surface area contributed by atoms with E-state index in [4.69, 9.17) is 9.97 Å². The average molecular weight is 401 g/mol. The zero-order chi connectivity index (χ0) is 19.1. The fraction of sp³-hybridized carbons (Fsp3) is 0.167. The van der Waals surface area contributed by atoms with Gasteiger partial charge in [0.15, 0.2) is 0 Å². The second kappa shape index (κ2) is 7.12. The molecule has 0 fully saturated rings. The lowest BCUT2D eigenvalue weighted by Crippen LogP contribution is -1.93. The Balaban J connectivity index is 1.51. The Morgan fingerprint density at radius 3 is 1.79 bits per heavy atom. The molecule has 138 valence electrons. The summed E-state index contributed by atoms with van der Waals surface area (Å²) in [7, 11) is 0. The summed E-state index contributed by atoms with van der Waals surface area (Å²) in [6, 6.07) is 23.6. The maximum atomic E-state index is 4.90. The minimum absolute atomic E-state index is 0.675. The highest BCUT2D eigenvalue weighted by Gasteiger charge is 2.12. The zero-order valence-electron chi connectivity index (χ0n) is 15.8. The molecule has 28 heavy (non-hydrogen) atoms. The number of nitrogens with zero attached hydrogens (tertiary/aromatic N) is 2. The molecule has 3 aromatic carbocycles. The van der Waals surface area contributed by atoms with Crippen molar-refractivity contribution in [3.63, 3.8) is 0 Å². The first kappa shape index (κ1) is 17.5. The second-order valence-corrected chi connectivity index (χ2v) is 9.55. The molecule has 5 rings (SSSR count). The largest absolute Gasteiger partial charge is 0.236 e. The molecule has 0 aliphatic rings. The van der Waals surface area contributed by atoms with Gasteiger partial charge in [-0.15, -0.1) is 22.7 Å². The molecule has 5 aromatic rings. The summed E-state index contributed by atoms with van der Waals surface area (Å²) in [5.74, 6) is 0.675. The molecule has 0 radical (unpaired) electrons. The van der Waals surface area contributed by atoms with Gasteiger partial charge >= 0.3 is 0 Å². The molecular weight excluding hydrogens is 380 g/mol. The molecule has 0 aliphatic heterocycles. The first-order valence-corrected chi connectivity index (χ1v) is 11.1. The predicted molar refractivity (Wildman–Crippen MR) is 122 cm³/mol. The van der Waals surface area contributed by atoms with Crippen molar-refractivity contribution < 1.29 is 0 Å². The Morgan fingerprint density at radius 1 is 0.714 bits per heavy atom. The summed E-state index contributed by atoms with van der Waals surface area (Å²) < 4.78 is 2.38. The van der Waals surface area contributed by atoms with Gasteiger partial charge in [0.05, 0.1) is 20.4 Å². The van der Waals surface area contributed by atoms with Crippen molar-refractivity contribution >= 4 is 43.1 Å². The highest BCUT2D eigenvalue weighted by Crippen LogP contribution is 2.36. The van der Waals surface area contributed by atoms with E-state index in [-0.39, 0.29) is 0 Å². The third-order valence-corrected chi connectivity index (χ3v) is 6.90. The van der Waals surface area contributed by atoms with E-state index in [1.165, 1.54) is 26.1 Å². The number of aromatic nitrogens is 2. The van der Waals surface area contributed by atoms with Crippen LogP contribution in [0.1, 0.15) is 19.4 Å². The van der Waals surface area contributed by atoms with Crippen LogP contribution in [0.5, 0.6) is 0 Å². The fourth-order valence-corrected chi connectivity index (χ4v) is 5.40. The third kappa shape index (κ3) is 3.34. The molecule has 0 atom stereocenters. The molecule has 4 heteroatoms. The molecular formula is C24H20N2S2. The lowest BCUT2D eigenvalue weighted by molar-refractivity contribution is 0.647. The van der Waals surface area contributed by atoms with E-state index < -0.39 is 0 Å². The number of hydrogen-bond donors (Lipinski definition) is 0. The van der Waals surface area contributed by atoms with Crippen molar-refractivity contribution in [3.8, 4) is 21.1 Å². The summed E-state index contributed by atoms with van der Waals surface area (Å²) in [6.45, 7) is 4.51. The van der Waals surface area contributed by atoms with Crippen molar-refractivity contribution in [2.24, 2.45) is 5.92 Å². The van der Waals surface area contributed by atoms with Crippen molar-refractivity contribution in [2.45, 2.75) is 20.3 Å². The van der Waals surface area contributed by atoms with Crippen molar-refractivity contribution in [1.29, 1.82) is 0 Å². The first-order valence-electron chi connectivity index (χ1n) is 9.51. The maximum absolute atomic E-state index is 4.90.